The van der Waals surface area contributed by atoms with Gasteiger partial charge in [0.2, 0.25) is 0 Å². The van der Waals surface area contributed by atoms with Crippen LogP contribution in [0.2, 0.25) is 18.1 Å². The summed E-state index contributed by atoms with van der Waals surface area (Å²) in [5.41, 5.74) is 6.11. The van der Waals surface area contributed by atoms with Crippen molar-refractivity contribution in [3.63, 3.8) is 0 Å². The number of ether oxygens (including phenoxy) is 1. The van der Waals surface area contributed by atoms with Crippen molar-refractivity contribution in [1.82, 2.24) is 0 Å². The largest absolute Gasteiger partial charge is 0.462 e. The average molecular weight is 439 g/mol. The normalized spacial score (nSPS) is 12.2. The van der Waals surface area contributed by atoms with Gasteiger partial charge < -0.3 is 9.16 Å². The predicted molar refractivity (Wildman–Crippen MR) is 133 cm³/mol. The van der Waals surface area contributed by atoms with Crippen molar-refractivity contribution in [2.24, 2.45) is 0 Å². The number of hydrogen-bond acceptors (Lipinski definition) is 3. The van der Waals surface area contributed by atoms with Crippen LogP contribution in [0.3, 0.4) is 0 Å². The SMILES string of the molecule is C=C(c1ccc(C(=O)OCC)cc1)c1ccc(CO[Si](C)(C)C(C)(C)C)c(C(C)C)c1. The van der Waals surface area contributed by atoms with E-state index in [1.807, 2.05) is 12.1 Å². The lowest BCUT2D eigenvalue weighted by atomic mass is 9.91. The van der Waals surface area contributed by atoms with Gasteiger partial charge in [-0.2, -0.15) is 0 Å². The molecule has 2 aromatic rings. The Morgan fingerprint density at radius 3 is 2.06 bits per heavy atom. The van der Waals surface area contributed by atoms with Crippen LogP contribution in [0.25, 0.3) is 5.57 Å². The highest BCUT2D eigenvalue weighted by atomic mass is 28.4. The van der Waals surface area contributed by atoms with Crippen molar-refractivity contribution < 1.29 is 14.0 Å². The number of hydrogen-bond donors (Lipinski definition) is 0. The summed E-state index contributed by atoms with van der Waals surface area (Å²) in [7, 11) is -1.81. The van der Waals surface area contributed by atoms with Crippen LogP contribution in [-0.4, -0.2) is 20.9 Å². The van der Waals surface area contributed by atoms with Crippen LogP contribution < -0.4 is 0 Å². The van der Waals surface area contributed by atoms with Crippen molar-refractivity contribution in [3.8, 4) is 0 Å². The van der Waals surface area contributed by atoms with Crippen LogP contribution in [0.15, 0.2) is 49.0 Å². The maximum atomic E-state index is 11.9. The molecule has 0 unspecified atom stereocenters. The van der Waals surface area contributed by atoms with E-state index in [9.17, 15) is 4.79 Å². The van der Waals surface area contributed by atoms with Crippen molar-refractivity contribution >= 4 is 19.9 Å². The quantitative estimate of drug-likeness (QED) is 0.315. The summed E-state index contributed by atoms with van der Waals surface area (Å²) in [6, 6.07) is 14.0. The standard InChI is InChI=1S/C27H38O3Si/c1-10-29-26(28)22-13-11-21(12-14-22)20(4)23-15-16-24(25(17-23)19(2)3)18-30-31(8,9)27(5,6)7/h11-17,19H,4,10,18H2,1-3,5-9H3. The van der Waals surface area contributed by atoms with Gasteiger partial charge in [0.05, 0.1) is 18.8 Å². The van der Waals surface area contributed by atoms with E-state index in [2.05, 4.69) is 72.5 Å². The Bertz CT molecular complexity index is 918. The number of esters is 1. The molecule has 0 saturated carbocycles. The second-order valence-electron chi connectivity index (χ2n) is 9.89. The highest BCUT2D eigenvalue weighted by molar-refractivity contribution is 6.74. The van der Waals surface area contributed by atoms with Gasteiger partial charge in [0.15, 0.2) is 8.32 Å². The van der Waals surface area contributed by atoms with E-state index in [1.165, 1.54) is 11.1 Å². The summed E-state index contributed by atoms with van der Waals surface area (Å²) in [4.78, 5) is 11.9. The first kappa shape index (κ1) is 25.1. The minimum Gasteiger partial charge on any atom is -0.462 e. The van der Waals surface area contributed by atoms with Crippen molar-refractivity contribution in [2.45, 2.75) is 72.2 Å². The Kier molecular flexibility index (Phi) is 8.07. The lowest BCUT2D eigenvalue weighted by Crippen LogP contribution is -2.40. The fourth-order valence-corrected chi connectivity index (χ4v) is 4.06. The minimum atomic E-state index is -1.81. The maximum Gasteiger partial charge on any atom is 0.338 e. The third-order valence-electron chi connectivity index (χ3n) is 6.26. The van der Waals surface area contributed by atoms with E-state index in [-0.39, 0.29) is 11.0 Å². The van der Waals surface area contributed by atoms with Gasteiger partial charge in [0.25, 0.3) is 0 Å². The van der Waals surface area contributed by atoms with Gasteiger partial charge in [-0.3, -0.25) is 0 Å². The Morgan fingerprint density at radius 2 is 1.55 bits per heavy atom. The average Bonchev–Trinajstić information content (AvgIpc) is 2.71. The summed E-state index contributed by atoms with van der Waals surface area (Å²) in [5, 5.41) is 0.189. The summed E-state index contributed by atoms with van der Waals surface area (Å²) in [6.07, 6.45) is 0. The molecule has 0 heterocycles. The summed E-state index contributed by atoms with van der Waals surface area (Å²) in [6.45, 7) is 22.9. The van der Waals surface area contributed by atoms with Gasteiger partial charge in [-0.15, -0.1) is 0 Å². The Hall–Kier alpha value is -2.17. The van der Waals surface area contributed by atoms with Crippen LogP contribution in [0.4, 0.5) is 0 Å². The zero-order valence-electron chi connectivity index (χ0n) is 20.5. The molecule has 0 fully saturated rings. The third kappa shape index (κ3) is 6.17. The van der Waals surface area contributed by atoms with Gasteiger partial charge in [-0.1, -0.05) is 71.5 Å². The summed E-state index contributed by atoms with van der Waals surface area (Å²) in [5.74, 6) is 0.0878. The molecule has 2 aromatic carbocycles. The molecule has 2 rings (SSSR count). The number of benzene rings is 2. The molecule has 0 spiro atoms. The molecule has 0 aliphatic carbocycles. The second kappa shape index (κ2) is 9.97. The van der Waals surface area contributed by atoms with Crippen LogP contribution in [-0.2, 0) is 15.8 Å². The molecular weight excluding hydrogens is 400 g/mol. The highest BCUT2D eigenvalue weighted by Crippen LogP contribution is 2.37. The molecule has 0 atom stereocenters. The zero-order chi connectivity index (χ0) is 23.4. The number of rotatable bonds is 8. The molecule has 3 nitrogen and oxygen atoms in total. The Balaban J connectivity index is 2.25. The van der Waals surface area contributed by atoms with Gasteiger partial charge in [-0.05, 0) is 70.9 Å². The van der Waals surface area contributed by atoms with Gasteiger partial charge in [0, 0.05) is 0 Å². The lowest BCUT2D eigenvalue weighted by molar-refractivity contribution is 0.0526. The molecule has 0 bridgehead atoms. The van der Waals surface area contributed by atoms with Gasteiger partial charge in [-0.25, -0.2) is 4.79 Å². The molecule has 4 heteroatoms. The van der Waals surface area contributed by atoms with E-state index in [1.54, 1.807) is 19.1 Å². The van der Waals surface area contributed by atoms with Crippen LogP contribution in [0, 0.1) is 0 Å². The molecule has 0 radical (unpaired) electrons. The molecular formula is C27H38O3Si. The van der Waals surface area contributed by atoms with Gasteiger partial charge >= 0.3 is 5.97 Å². The van der Waals surface area contributed by atoms with Crippen molar-refractivity contribution in [3.05, 3.63) is 76.9 Å². The number of carbonyl (C=O) groups is 1. The molecule has 0 amide bonds. The first-order valence-electron chi connectivity index (χ1n) is 11.1. The highest BCUT2D eigenvalue weighted by Gasteiger charge is 2.37. The van der Waals surface area contributed by atoms with Crippen molar-refractivity contribution in [2.75, 3.05) is 6.61 Å². The van der Waals surface area contributed by atoms with E-state index in [0.717, 1.165) is 16.7 Å². The first-order chi connectivity index (χ1) is 14.4. The minimum absolute atomic E-state index is 0.189. The smallest absolute Gasteiger partial charge is 0.338 e. The van der Waals surface area contributed by atoms with E-state index >= 15 is 0 Å². The Morgan fingerprint density at radius 1 is 1.00 bits per heavy atom. The molecule has 0 aromatic heterocycles. The van der Waals surface area contributed by atoms with Crippen LogP contribution in [0.1, 0.15) is 80.1 Å². The molecule has 0 N–H and O–H groups in total. The topological polar surface area (TPSA) is 35.5 Å². The lowest BCUT2D eigenvalue weighted by Gasteiger charge is -2.36. The second-order valence-corrected chi connectivity index (χ2v) is 14.7. The molecule has 168 valence electrons. The molecule has 0 saturated heterocycles. The zero-order valence-corrected chi connectivity index (χ0v) is 21.5. The molecule has 0 aliphatic rings. The van der Waals surface area contributed by atoms with E-state index < -0.39 is 8.32 Å². The summed E-state index contributed by atoms with van der Waals surface area (Å²) >= 11 is 0. The van der Waals surface area contributed by atoms with E-state index in [4.69, 9.17) is 9.16 Å². The van der Waals surface area contributed by atoms with E-state index in [0.29, 0.717) is 24.7 Å². The molecule has 0 aliphatic heterocycles. The first-order valence-corrected chi connectivity index (χ1v) is 14.0. The fraction of sp³-hybridized carbons (Fsp3) is 0.444. The van der Waals surface area contributed by atoms with Crippen LogP contribution >= 0.6 is 0 Å². The summed E-state index contributed by atoms with van der Waals surface area (Å²) < 4.78 is 11.5. The van der Waals surface area contributed by atoms with Crippen LogP contribution in [0.5, 0.6) is 0 Å². The predicted octanol–water partition coefficient (Wildman–Crippen LogP) is 7.57. The van der Waals surface area contributed by atoms with Gasteiger partial charge in [0.1, 0.15) is 0 Å². The maximum absolute atomic E-state index is 11.9. The Labute approximate surface area is 189 Å². The number of carbonyl (C=O) groups excluding carboxylic acids is 1. The van der Waals surface area contributed by atoms with Crippen molar-refractivity contribution in [1.29, 1.82) is 0 Å². The molecule has 31 heavy (non-hydrogen) atoms. The monoisotopic (exact) mass is 438 g/mol. The fourth-order valence-electron chi connectivity index (χ4n) is 3.11. The third-order valence-corrected chi connectivity index (χ3v) is 10.7.